The largest absolute Gasteiger partial charge is 0.574 e. The van der Waals surface area contributed by atoms with Gasteiger partial charge in [-0.3, -0.25) is 0 Å². The summed E-state index contributed by atoms with van der Waals surface area (Å²) in [5, 5.41) is 0. The smallest absolute Gasteiger partial charge is 0.465 e. The predicted octanol–water partition coefficient (Wildman–Crippen LogP) is 1.53. The Kier molecular flexibility index (Phi) is 4.12. The fourth-order valence-corrected chi connectivity index (χ4v) is 1.39. The van der Waals surface area contributed by atoms with Crippen LogP contribution in [0.1, 0.15) is 21.6 Å². The van der Waals surface area contributed by atoms with Crippen molar-refractivity contribution in [3.05, 3.63) is 22.9 Å². The lowest BCUT2D eigenvalue weighted by Gasteiger charge is -2.13. The lowest BCUT2D eigenvalue weighted by atomic mass is 10.1. The number of pyridine rings is 1. The van der Waals surface area contributed by atoms with Crippen molar-refractivity contribution < 1.29 is 27.4 Å². The average molecular weight is 264 g/mol. The van der Waals surface area contributed by atoms with Crippen LogP contribution in [-0.4, -0.2) is 24.4 Å². The number of nitrogens with zero attached hydrogens (tertiary/aromatic N) is 1. The first-order valence-corrected chi connectivity index (χ1v) is 4.83. The Morgan fingerprint density at radius 2 is 2.11 bits per heavy atom. The number of ether oxygens (including phenoxy) is 2. The van der Waals surface area contributed by atoms with Gasteiger partial charge in [0.05, 0.1) is 12.7 Å². The number of halogens is 3. The van der Waals surface area contributed by atoms with Gasteiger partial charge in [0.1, 0.15) is 0 Å². The van der Waals surface area contributed by atoms with Gasteiger partial charge in [0, 0.05) is 23.9 Å². The van der Waals surface area contributed by atoms with Crippen LogP contribution in [0, 0.1) is 6.92 Å². The molecule has 0 aliphatic rings. The molecular weight excluding hydrogens is 253 g/mol. The minimum absolute atomic E-state index is 0.0461. The second-order valence-electron chi connectivity index (χ2n) is 3.32. The summed E-state index contributed by atoms with van der Waals surface area (Å²) in [6.07, 6.45) is -4.88. The monoisotopic (exact) mass is 264 g/mol. The Bertz CT molecular complexity index is 460. The number of hydrogen-bond donors (Lipinski definition) is 1. The third-order valence-electron chi connectivity index (χ3n) is 2.14. The molecule has 0 aromatic carbocycles. The molecule has 1 aromatic rings. The van der Waals surface area contributed by atoms with Gasteiger partial charge in [-0.1, -0.05) is 0 Å². The van der Waals surface area contributed by atoms with Crippen LogP contribution in [0.4, 0.5) is 13.2 Å². The van der Waals surface area contributed by atoms with E-state index in [-0.39, 0.29) is 17.8 Å². The molecule has 1 heterocycles. The number of hydrogen-bond acceptors (Lipinski definition) is 5. The molecule has 0 spiro atoms. The van der Waals surface area contributed by atoms with E-state index < -0.39 is 18.2 Å². The molecule has 1 rings (SSSR count). The van der Waals surface area contributed by atoms with Crippen molar-refractivity contribution in [2.75, 3.05) is 7.11 Å². The molecule has 100 valence electrons. The van der Waals surface area contributed by atoms with E-state index in [1.165, 1.54) is 6.92 Å². The average Bonchev–Trinajstić information content (AvgIpc) is 2.25. The summed E-state index contributed by atoms with van der Waals surface area (Å²) in [5.41, 5.74) is 5.82. The zero-order valence-electron chi connectivity index (χ0n) is 9.67. The first kappa shape index (κ1) is 14.2. The third-order valence-corrected chi connectivity index (χ3v) is 2.14. The maximum Gasteiger partial charge on any atom is 0.574 e. The van der Waals surface area contributed by atoms with Gasteiger partial charge < -0.3 is 15.2 Å². The van der Waals surface area contributed by atoms with Crippen molar-refractivity contribution in [1.82, 2.24) is 4.98 Å². The molecule has 0 atom stereocenters. The van der Waals surface area contributed by atoms with Crippen LogP contribution < -0.4 is 10.5 Å². The molecule has 8 heteroatoms. The summed E-state index contributed by atoms with van der Waals surface area (Å²) < 4.78 is 44.3. The normalized spacial score (nSPS) is 11.2. The molecule has 0 saturated heterocycles. The van der Waals surface area contributed by atoms with Crippen molar-refractivity contribution in [3.63, 3.8) is 0 Å². The fraction of sp³-hybridized carbons (Fsp3) is 0.400. The second-order valence-corrected chi connectivity index (χ2v) is 3.32. The van der Waals surface area contributed by atoms with Crippen LogP contribution in [0.2, 0.25) is 0 Å². The highest BCUT2D eigenvalue weighted by atomic mass is 19.4. The summed E-state index contributed by atoms with van der Waals surface area (Å²) in [6, 6.07) is 0.856. The van der Waals surface area contributed by atoms with E-state index in [4.69, 9.17) is 5.73 Å². The molecule has 18 heavy (non-hydrogen) atoms. The maximum absolute atomic E-state index is 12.1. The molecule has 0 unspecified atom stereocenters. The van der Waals surface area contributed by atoms with Gasteiger partial charge in [-0.2, -0.15) is 0 Å². The number of esters is 1. The Balaban J connectivity index is 3.26. The number of aromatic nitrogens is 1. The zero-order chi connectivity index (χ0) is 13.9. The predicted molar refractivity (Wildman–Crippen MR) is 54.9 cm³/mol. The van der Waals surface area contributed by atoms with E-state index in [1.807, 2.05) is 0 Å². The minimum atomic E-state index is -4.88. The second kappa shape index (κ2) is 5.21. The number of carbonyl (C=O) groups excluding carboxylic acids is 1. The summed E-state index contributed by atoms with van der Waals surface area (Å²) >= 11 is 0. The molecule has 0 fully saturated rings. The lowest BCUT2D eigenvalue weighted by molar-refractivity contribution is -0.276. The Hall–Kier alpha value is -1.83. The molecule has 0 saturated carbocycles. The zero-order valence-corrected chi connectivity index (χ0v) is 9.67. The Morgan fingerprint density at radius 1 is 1.50 bits per heavy atom. The molecule has 0 aliphatic carbocycles. The van der Waals surface area contributed by atoms with Crippen molar-refractivity contribution in [1.29, 1.82) is 0 Å². The van der Waals surface area contributed by atoms with E-state index in [9.17, 15) is 18.0 Å². The highest BCUT2D eigenvalue weighted by Gasteiger charge is 2.32. The Morgan fingerprint density at radius 3 is 2.56 bits per heavy atom. The third kappa shape index (κ3) is 3.33. The lowest BCUT2D eigenvalue weighted by Crippen LogP contribution is -2.20. The van der Waals surface area contributed by atoms with Gasteiger partial charge >= 0.3 is 12.3 Å². The molecule has 5 nitrogen and oxygen atoms in total. The number of alkyl halides is 3. The standard InChI is InChI=1S/C10H11F3N2O3/c1-5-7(4-14)6(9(16)17-2)3-8(15-5)18-10(11,12)13/h3H,4,14H2,1-2H3. The summed E-state index contributed by atoms with van der Waals surface area (Å²) in [7, 11) is 1.11. The maximum atomic E-state index is 12.1. The van der Waals surface area contributed by atoms with Crippen LogP contribution in [0.5, 0.6) is 5.88 Å². The molecule has 0 radical (unpaired) electrons. The van der Waals surface area contributed by atoms with Crippen LogP contribution >= 0.6 is 0 Å². The van der Waals surface area contributed by atoms with E-state index in [1.54, 1.807) is 0 Å². The molecule has 1 aromatic heterocycles. The highest BCUT2D eigenvalue weighted by molar-refractivity contribution is 5.91. The van der Waals surface area contributed by atoms with Crippen LogP contribution in [0.25, 0.3) is 0 Å². The van der Waals surface area contributed by atoms with Gasteiger partial charge in [-0.25, -0.2) is 9.78 Å². The Labute approximate surface area is 101 Å². The van der Waals surface area contributed by atoms with Gasteiger partial charge in [0.2, 0.25) is 5.88 Å². The van der Waals surface area contributed by atoms with Gasteiger partial charge in [-0.15, -0.1) is 13.2 Å². The van der Waals surface area contributed by atoms with Crippen LogP contribution in [0.3, 0.4) is 0 Å². The van der Waals surface area contributed by atoms with Crippen molar-refractivity contribution in [3.8, 4) is 5.88 Å². The quantitative estimate of drug-likeness (QED) is 0.838. The van der Waals surface area contributed by atoms with E-state index >= 15 is 0 Å². The molecular formula is C10H11F3N2O3. The van der Waals surface area contributed by atoms with Crippen molar-refractivity contribution in [2.24, 2.45) is 5.73 Å². The minimum Gasteiger partial charge on any atom is -0.465 e. The number of rotatable bonds is 3. The molecule has 2 N–H and O–H groups in total. The van der Waals surface area contributed by atoms with Crippen molar-refractivity contribution >= 4 is 5.97 Å². The number of carbonyl (C=O) groups is 1. The molecule has 0 bridgehead atoms. The van der Waals surface area contributed by atoms with E-state index in [2.05, 4.69) is 14.5 Å². The highest BCUT2D eigenvalue weighted by Crippen LogP contribution is 2.25. The summed E-state index contributed by atoms with van der Waals surface area (Å²) in [6.45, 7) is 1.38. The summed E-state index contributed by atoms with van der Waals surface area (Å²) in [4.78, 5) is 15.0. The number of nitrogens with two attached hydrogens (primary N) is 1. The number of methoxy groups -OCH3 is 1. The van der Waals surface area contributed by atoms with Gasteiger partial charge in [-0.05, 0) is 6.92 Å². The van der Waals surface area contributed by atoms with Gasteiger partial charge in [0.25, 0.3) is 0 Å². The molecule has 0 aliphatic heterocycles. The fourth-order valence-electron chi connectivity index (χ4n) is 1.39. The van der Waals surface area contributed by atoms with E-state index in [0.29, 0.717) is 5.56 Å². The SMILES string of the molecule is COC(=O)c1cc(OC(F)(F)F)nc(C)c1CN. The van der Waals surface area contributed by atoms with Crippen LogP contribution in [0.15, 0.2) is 6.07 Å². The van der Waals surface area contributed by atoms with Crippen LogP contribution in [-0.2, 0) is 11.3 Å². The van der Waals surface area contributed by atoms with Crippen molar-refractivity contribution in [2.45, 2.75) is 19.8 Å². The number of aryl methyl sites for hydroxylation is 1. The molecule has 0 amide bonds. The summed E-state index contributed by atoms with van der Waals surface area (Å²) in [5.74, 6) is -1.52. The first-order valence-electron chi connectivity index (χ1n) is 4.83. The van der Waals surface area contributed by atoms with Gasteiger partial charge in [0.15, 0.2) is 0 Å². The van der Waals surface area contributed by atoms with E-state index in [0.717, 1.165) is 13.2 Å². The topological polar surface area (TPSA) is 74.4 Å². The first-order chi connectivity index (χ1) is 8.28.